The molecule has 0 aliphatic carbocycles. The van der Waals surface area contributed by atoms with Gasteiger partial charge in [0.05, 0.1) is 18.3 Å². The first-order valence-corrected chi connectivity index (χ1v) is 9.35. The average Bonchev–Trinajstić information content (AvgIpc) is 2.78. The van der Waals surface area contributed by atoms with Gasteiger partial charge in [-0.05, 0) is 30.3 Å². The molecule has 0 saturated heterocycles. The molecule has 1 amide bonds. The molecule has 4 aromatic rings. The SMILES string of the molecule is COc1cccc(NC(=O)COc2cc(-c3ccccc3)nc3ccc(F)cc23)c1. The van der Waals surface area contributed by atoms with Gasteiger partial charge < -0.3 is 14.8 Å². The molecule has 6 heteroatoms. The number of carbonyl (C=O) groups excluding carboxylic acids is 1. The van der Waals surface area contributed by atoms with Gasteiger partial charge in [-0.2, -0.15) is 0 Å². The van der Waals surface area contributed by atoms with Crippen molar-refractivity contribution in [1.29, 1.82) is 0 Å². The van der Waals surface area contributed by atoms with E-state index in [1.54, 1.807) is 43.5 Å². The summed E-state index contributed by atoms with van der Waals surface area (Å²) in [6.07, 6.45) is 0. The predicted octanol–water partition coefficient (Wildman–Crippen LogP) is 5.07. The Morgan fingerprint density at radius 2 is 1.83 bits per heavy atom. The Kier molecular flexibility index (Phi) is 5.57. The fourth-order valence-electron chi connectivity index (χ4n) is 3.08. The van der Waals surface area contributed by atoms with Crippen molar-refractivity contribution in [1.82, 2.24) is 4.98 Å². The summed E-state index contributed by atoms with van der Waals surface area (Å²) in [4.78, 5) is 17.0. The van der Waals surface area contributed by atoms with Crippen molar-refractivity contribution in [2.45, 2.75) is 0 Å². The lowest BCUT2D eigenvalue weighted by atomic mass is 10.1. The lowest BCUT2D eigenvalue weighted by molar-refractivity contribution is -0.118. The second-order valence-electron chi connectivity index (χ2n) is 6.60. The van der Waals surface area contributed by atoms with Gasteiger partial charge in [-0.25, -0.2) is 9.37 Å². The summed E-state index contributed by atoms with van der Waals surface area (Å²) in [5.74, 6) is 0.282. The highest BCUT2D eigenvalue weighted by molar-refractivity contribution is 5.93. The number of hydrogen-bond donors (Lipinski definition) is 1. The van der Waals surface area contributed by atoms with Crippen LogP contribution in [0.15, 0.2) is 78.9 Å². The van der Waals surface area contributed by atoms with Crippen LogP contribution in [0.5, 0.6) is 11.5 Å². The van der Waals surface area contributed by atoms with E-state index in [4.69, 9.17) is 9.47 Å². The number of halogens is 1. The lowest BCUT2D eigenvalue weighted by Crippen LogP contribution is -2.20. The van der Waals surface area contributed by atoms with Gasteiger partial charge in [0.2, 0.25) is 0 Å². The number of nitrogens with zero attached hydrogens (tertiary/aromatic N) is 1. The quantitative estimate of drug-likeness (QED) is 0.489. The van der Waals surface area contributed by atoms with Gasteiger partial charge in [0.15, 0.2) is 6.61 Å². The van der Waals surface area contributed by atoms with E-state index >= 15 is 0 Å². The van der Waals surface area contributed by atoms with Gasteiger partial charge in [0, 0.05) is 28.8 Å². The van der Waals surface area contributed by atoms with Crippen LogP contribution in [0.25, 0.3) is 22.2 Å². The molecule has 1 aromatic heterocycles. The smallest absolute Gasteiger partial charge is 0.262 e. The minimum Gasteiger partial charge on any atom is -0.497 e. The molecule has 150 valence electrons. The number of hydrogen-bond acceptors (Lipinski definition) is 4. The van der Waals surface area contributed by atoms with Crippen LogP contribution in [-0.4, -0.2) is 24.6 Å². The van der Waals surface area contributed by atoms with E-state index in [0.717, 1.165) is 5.56 Å². The van der Waals surface area contributed by atoms with Crippen molar-refractivity contribution >= 4 is 22.5 Å². The summed E-state index contributed by atoms with van der Waals surface area (Å²) >= 11 is 0. The lowest BCUT2D eigenvalue weighted by Gasteiger charge is -2.12. The predicted molar refractivity (Wildman–Crippen MR) is 114 cm³/mol. The minimum absolute atomic E-state index is 0.235. The average molecular weight is 402 g/mol. The van der Waals surface area contributed by atoms with E-state index in [0.29, 0.717) is 33.8 Å². The highest BCUT2D eigenvalue weighted by Gasteiger charge is 2.12. The highest BCUT2D eigenvalue weighted by Crippen LogP contribution is 2.30. The van der Waals surface area contributed by atoms with Crippen molar-refractivity contribution in [3.8, 4) is 22.8 Å². The summed E-state index contributed by atoms with van der Waals surface area (Å²) in [6.45, 7) is -0.235. The first-order valence-electron chi connectivity index (χ1n) is 9.35. The number of rotatable bonds is 6. The van der Waals surface area contributed by atoms with Gasteiger partial charge in [-0.15, -0.1) is 0 Å². The maximum Gasteiger partial charge on any atom is 0.262 e. The largest absolute Gasteiger partial charge is 0.497 e. The molecular weight excluding hydrogens is 383 g/mol. The molecule has 0 unspecified atom stereocenters. The second kappa shape index (κ2) is 8.61. The van der Waals surface area contributed by atoms with Crippen molar-refractivity contribution < 1.29 is 18.7 Å². The van der Waals surface area contributed by atoms with Gasteiger partial charge in [0.1, 0.15) is 17.3 Å². The number of anilines is 1. The monoisotopic (exact) mass is 402 g/mol. The molecule has 30 heavy (non-hydrogen) atoms. The Labute approximate surface area is 173 Å². The number of aromatic nitrogens is 1. The normalized spacial score (nSPS) is 10.6. The molecule has 0 aliphatic rings. The van der Waals surface area contributed by atoms with Crippen molar-refractivity contribution in [3.63, 3.8) is 0 Å². The van der Waals surface area contributed by atoms with Crippen LogP contribution in [0.1, 0.15) is 0 Å². The van der Waals surface area contributed by atoms with Gasteiger partial charge in [-0.3, -0.25) is 4.79 Å². The number of fused-ring (bicyclic) bond motifs is 1. The molecular formula is C24H19FN2O3. The molecule has 0 bridgehead atoms. The Morgan fingerprint density at radius 1 is 1.00 bits per heavy atom. The van der Waals surface area contributed by atoms with Crippen LogP contribution in [0.2, 0.25) is 0 Å². The number of benzene rings is 3. The summed E-state index contributed by atoms with van der Waals surface area (Å²) < 4.78 is 24.8. The Hall–Kier alpha value is -3.93. The molecule has 0 atom stereocenters. The molecule has 0 saturated carbocycles. The molecule has 4 rings (SSSR count). The number of methoxy groups -OCH3 is 1. The number of nitrogens with one attached hydrogen (secondary N) is 1. The molecule has 1 N–H and O–H groups in total. The third kappa shape index (κ3) is 4.38. The second-order valence-corrected chi connectivity index (χ2v) is 6.60. The molecule has 0 aliphatic heterocycles. The summed E-state index contributed by atoms with van der Waals surface area (Å²) in [5.41, 5.74) is 2.76. The standard InChI is InChI=1S/C24H19FN2O3/c1-29-19-9-5-8-18(13-19)26-24(28)15-30-23-14-22(16-6-3-2-4-7-16)27-21-11-10-17(25)12-20(21)23/h2-14H,15H2,1H3,(H,26,28). The maximum absolute atomic E-state index is 13.8. The van der Waals surface area contributed by atoms with Gasteiger partial charge >= 0.3 is 0 Å². The van der Waals surface area contributed by atoms with Crippen LogP contribution in [0.3, 0.4) is 0 Å². The molecule has 0 fully saturated rings. The Bertz CT molecular complexity index is 1200. The van der Waals surface area contributed by atoms with Crippen LogP contribution < -0.4 is 14.8 Å². The zero-order valence-corrected chi connectivity index (χ0v) is 16.3. The van der Waals surface area contributed by atoms with Crippen molar-refractivity contribution in [2.24, 2.45) is 0 Å². The minimum atomic E-state index is -0.401. The summed E-state index contributed by atoms with van der Waals surface area (Å²) in [6, 6.07) is 22.6. The maximum atomic E-state index is 13.8. The topological polar surface area (TPSA) is 60.5 Å². The molecule has 0 spiro atoms. The Balaban J connectivity index is 1.59. The van der Waals surface area contributed by atoms with Crippen LogP contribution in [0.4, 0.5) is 10.1 Å². The van der Waals surface area contributed by atoms with Crippen molar-refractivity contribution in [2.75, 3.05) is 19.0 Å². The summed E-state index contributed by atoms with van der Waals surface area (Å²) in [7, 11) is 1.56. The fourth-order valence-corrected chi connectivity index (χ4v) is 3.08. The zero-order chi connectivity index (χ0) is 20.9. The van der Waals surface area contributed by atoms with E-state index in [1.165, 1.54) is 12.1 Å². The Morgan fingerprint density at radius 3 is 2.63 bits per heavy atom. The molecule has 0 radical (unpaired) electrons. The molecule has 1 heterocycles. The molecule has 5 nitrogen and oxygen atoms in total. The number of amides is 1. The summed E-state index contributed by atoms with van der Waals surface area (Å²) in [5, 5.41) is 3.26. The van der Waals surface area contributed by atoms with Crippen molar-refractivity contribution in [3.05, 3.63) is 84.7 Å². The van der Waals surface area contributed by atoms with Crippen LogP contribution in [0, 0.1) is 5.82 Å². The first-order chi connectivity index (χ1) is 14.6. The van der Waals surface area contributed by atoms with E-state index in [9.17, 15) is 9.18 Å². The fraction of sp³-hybridized carbons (Fsp3) is 0.0833. The highest BCUT2D eigenvalue weighted by atomic mass is 19.1. The van der Waals surface area contributed by atoms with E-state index in [-0.39, 0.29) is 12.5 Å². The number of carbonyl (C=O) groups is 1. The third-order valence-corrected chi connectivity index (χ3v) is 4.51. The van der Waals surface area contributed by atoms with Crippen LogP contribution in [-0.2, 0) is 4.79 Å². The number of pyridine rings is 1. The van der Waals surface area contributed by atoms with E-state index < -0.39 is 5.82 Å². The van der Waals surface area contributed by atoms with Gasteiger partial charge in [-0.1, -0.05) is 36.4 Å². The van der Waals surface area contributed by atoms with E-state index in [2.05, 4.69) is 10.3 Å². The molecule has 3 aromatic carbocycles. The van der Waals surface area contributed by atoms with Gasteiger partial charge in [0.25, 0.3) is 5.91 Å². The number of ether oxygens (including phenoxy) is 2. The van der Waals surface area contributed by atoms with Crippen LogP contribution >= 0.6 is 0 Å². The zero-order valence-electron chi connectivity index (χ0n) is 16.3. The van der Waals surface area contributed by atoms with E-state index in [1.807, 2.05) is 30.3 Å². The first kappa shape index (κ1) is 19.4. The third-order valence-electron chi connectivity index (χ3n) is 4.51.